The summed E-state index contributed by atoms with van der Waals surface area (Å²) in [5, 5.41) is 15.9. The minimum Gasteiger partial charge on any atom is -0.508 e. The van der Waals surface area contributed by atoms with E-state index in [2.05, 4.69) is 10.1 Å². The lowest BCUT2D eigenvalue weighted by atomic mass is 10.2. The van der Waals surface area contributed by atoms with E-state index in [4.69, 9.17) is 0 Å². The summed E-state index contributed by atoms with van der Waals surface area (Å²) in [6, 6.07) is 6.95. The van der Waals surface area contributed by atoms with Crippen LogP contribution in [0.1, 0.15) is 10.6 Å². The van der Waals surface area contributed by atoms with Gasteiger partial charge in [-0.2, -0.15) is 5.10 Å². The van der Waals surface area contributed by atoms with E-state index in [0.29, 0.717) is 11.1 Å². The molecule has 0 saturated carbocycles. The van der Waals surface area contributed by atoms with Gasteiger partial charge in [-0.25, -0.2) is 9.67 Å². The second-order valence-corrected chi connectivity index (χ2v) is 6.65. The molecule has 1 N–H and O–H groups in total. The van der Waals surface area contributed by atoms with E-state index >= 15 is 0 Å². The number of fused-ring (bicyclic) bond motifs is 3. The molecule has 4 aromatic rings. The number of rotatable bonds is 2. The molecule has 0 spiro atoms. The van der Waals surface area contributed by atoms with E-state index in [9.17, 15) is 9.90 Å². The third-order valence-electron chi connectivity index (χ3n) is 3.94. The van der Waals surface area contributed by atoms with Gasteiger partial charge in [-0.05, 0) is 13.0 Å². The zero-order chi connectivity index (χ0) is 16.1. The lowest BCUT2D eigenvalue weighted by molar-refractivity contribution is 0.462. The predicted octanol–water partition coefficient (Wildman–Crippen LogP) is 2.41. The molecule has 6 nitrogen and oxygen atoms in total. The fourth-order valence-electron chi connectivity index (χ4n) is 2.81. The van der Waals surface area contributed by atoms with Crippen LogP contribution in [0.15, 0.2) is 35.3 Å². The average molecular weight is 326 g/mol. The van der Waals surface area contributed by atoms with Crippen LogP contribution in [0.3, 0.4) is 0 Å². The molecule has 1 aromatic carbocycles. The molecular formula is C16H14N4O2S. The number of benzene rings is 1. The number of hydrogen-bond donors (Lipinski definition) is 1. The number of phenolic OH excluding ortho intramolecular Hbond substituents is 1. The average Bonchev–Trinajstić information content (AvgIpc) is 3.02. The largest absolute Gasteiger partial charge is 0.508 e. The Morgan fingerprint density at radius 2 is 2.09 bits per heavy atom. The van der Waals surface area contributed by atoms with E-state index in [-0.39, 0.29) is 17.9 Å². The number of phenols is 1. The molecule has 7 heteroatoms. The third kappa shape index (κ3) is 2.04. The summed E-state index contributed by atoms with van der Waals surface area (Å²) in [7, 11) is 1.84. The fourth-order valence-corrected chi connectivity index (χ4v) is 3.77. The first-order valence-corrected chi connectivity index (χ1v) is 7.96. The second-order valence-electron chi connectivity index (χ2n) is 5.44. The predicted molar refractivity (Wildman–Crippen MR) is 90.1 cm³/mol. The lowest BCUT2D eigenvalue weighted by Gasteiger charge is -2.07. The molecule has 3 heterocycles. The molecule has 0 saturated heterocycles. The Kier molecular flexibility index (Phi) is 2.99. The summed E-state index contributed by atoms with van der Waals surface area (Å²) in [4.78, 5) is 17.3. The minimum absolute atomic E-state index is 0.159. The van der Waals surface area contributed by atoms with Gasteiger partial charge in [0.25, 0.3) is 5.56 Å². The third-order valence-corrected chi connectivity index (χ3v) is 4.94. The molecule has 0 atom stereocenters. The monoisotopic (exact) mass is 326 g/mol. The first-order valence-electron chi connectivity index (χ1n) is 7.15. The highest BCUT2D eigenvalue weighted by Gasteiger charge is 2.17. The molecule has 0 aliphatic heterocycles. The zero-order valence-corrected chi connectivity index (χ0v) is 13.5. The lowest BCUT2D eigenvalue weighted by Crippen LogP contribution is -2.24. The van der Waals surface area contributed by atoms with Gasteiger partial charge in [0, 0.05) is 18.0 Å². The molecule has 116 valence electrons. The van der Waals surface area contributed by atoms with Crippen molar-refractivity contribution in [3.8, 4) is 5.75 Å². The van der Waals surface area contributed by atoms with E-state index in [0.717, 1.165) is 20.7 Å². The Labute approximate surface area is 135 Å². The van der Waals surface area contributed by atoms with Crippen LogP contribution in [-0.2, 0) is 13.6 Å². The SMILES string of the molecule is Cc1nc2c(s1)c1cnn(Cc3ccccc3O)c(=O)c1n2C. The Hall–Kier alpha value is -2.67. The molecule has 3 aromatic heterocycles. The fraction of sp³-hybridized carbons (Fsp3) is 0.188. The molecule has 0 aliphatic rings. The number of aromatic nitrogens is 4. The first-order chi connectivity index (χ1) is 11.1. The highest BCUT2D eigenvalue weighted by Crippen LogP contribution is 2.30. The van der Waals surface area contributed by atoms with Crippen molar-refractivity contribution in [3.05, 3.63) is 51.4 Å². The molecule has 4 rings (SSSR count). The number of aryl methyl sites for hydroxylation is 2. The van der Waals surface area contributed by atoms with Crippen molar-refractivity contribution < 1.29 is 5.11 Å². The highest BCUT2D eigenvalue weighted by molar-refractivity contribution is 7.19. The van der Waals surface area contributed by atoms with Crippen LogP contribution in [0, 0.1) is 6.92 Å². The molecular weight excluding hydrogens is 312 g/mol. The van der Waals surface area contributed by atoms with Gasteiger partial charge in [0.05, 0.1) is 22.4 Å². The van der Waals surface area contributed by atoms with Crippen LogP contribution in [0.4, 0.5) is 0 Å². The number of nitrogens with zero attached hydrogens (tertiary/aromatic N) is 4. The Balaban J connectivity index is 1.93. The molecule has 0 aliphatic carbocycles. The maximum absolute atomic E-state index is 12.8. The van der Waals surface area contributed by atoms with Crippen LogP contribution in [0.5, 0.6) is 5.75 Å². The topological polar surface area (TPSA) is 72.9 Å². The van der Waals surface area contributed by atoms with Gasteiger partial charge in [0.2, 0.25) is 0 Å². The van der Waals surface area contributed by atoms with Crippen LogP contribution in [0.25, 0.3) is 21.3 Å². The minimum atomic E-state index is -0.184. The number of para-hydroxylation sites is 1. The normalized spacial score (nSPS) is 11.6. The summed E-state index contributed by atoms with van der Waals surface area (Å²) in [5.41, 5.74) is 1.87. The second kappa shape index (κ2) is 4.92. The summed E-state index contributed by atoms with van der Waals surface area (Å²) in [5.74, 6) is 0.159. The Morgan fingerprint density at radius 3 is 2.87 bits per heavy atom. The van der Waals surface area contributed by atoms with E-state index in [1.807, 2.05) is 24.6 Å². The molecule has 0 amide bonds. The van der Waals surface area contributed by atoms with Gasteiger partial charge in [-0.3, -0.25) is 4.79 Å². The van der Waals surface area contributed by atoms with Crippen LogP contribution in [0.2, 0.25) is 0 Å². The van der Waals surface area contributed by atoms with Gasteiger partial charge in [0.1, 0.15) is 11.3 Å². The summed E-state index contributed by atoms with van der Waals surface area (Å²) in [6.45, 7) is 2.18. The smallest absolute Gasteiger partial charge is 0.291 e. The summed E-state index contributed by atoms with van der Waals surface area (Å²) < 4.78 is 4.17. The van der Waals surface area contributed by atoms with Crippen molar-refractivity contribution in [1.29, 1.82) is 0 Å². The van der Waals surface area contributed by atoms with Gasteiger partial charge in [-0.15, -0.1) is 11.3 Å². The van der Waals surface area contributed by atoms with Crippen molar-refractivity contribution in [1.82, 2.24) is 19.3 Å². The molecule has 0 unspecified atom stereocenters. The van der Waals surface area contributed by atoms with Crippen LogP contribution < -0.4 is 5.56 Å². The van der Waals surface area contributed by atoms with Crippen LogP contribution >= 0.6 is 11.3 Å². The Bertz CT molecular complexity index is 1110. The van der Waals surface area contributed by atoms with E-state index in [1.54, 1.807) is 35.7 Å². The van der Waals surface area contributed by atoms with E-state index < -0.39 is 0 Å². The van der Waals surface area contributed by atoms with Crippen molar-refractivity contribution in [2.75, 3.05) is 0 Å². The van der Waals surface area contributed by atoms with Crippen LogP contribution in [-0.4, -0.2) is 24.4 Å². The maximum Gasteiger partial charge on any atom is 0.291 e. The van der Waals surface area contributed by atoms with Gasteiger partial charge < -0.3 is 9.67 Å². The number of aromatic hydroxyl groups is 1. The van der Waals surface area contributed by atoms with Crippen molar-refractivity contribution in [3.63, 3.8) is 0 Å². The molecule has 0 fully saturated rings. The quantitative estimate of drug-likeness (QED) is 0.614. The molecule has 23 heavy (non-hydrogen) atoms. The number of thiazole rings is 1. The van der Waals surface area contributed by atoms with Gasteiger partial charge in [0.15, 0.2) is 5.65 Å². The van der Waals surface area contributed by atoms with Gasteiger partial charge >= 0.3 is 0 Å². The first kappa shape index (κ1) is 14.0. The maximum atomic E-state index is 12.8. The summed E-state index contributed by atoms with van der Waals surface area (Å²) in [6.07, 6.45) is 1.71. The van der Waals surface area contributed by atoms with Crippen molar-refractivity contribution in [2.24, 2.45) is 7.05 Å². The number of hydrogen-bond acceptors (Lipinski definition) is 5. The summed E-state index contributed by atoms with van der Waals surface area (Å²) >= 11 is 1.56. The zero-order valence-electron chi connectivity index (χ0n) is 12.6. The van der Waals surface area contributed by atoms with Crippen molar-refractivity contribution >= 4 is 32.6 Å². The van der Waals surface area contributed by atoms with Crippen molar-refractivity contribution in [2.45, 2.75) is 13.5 Å². The molecule has 0 radical (unpaired) electrons. The standard InChI is InChI=1S/C16H14N4O2S/c1-9-18-15-14(23-9)11-7-17-20(16(22)13(11)19(15)2)8-10-5-3-4-6-12(10)21/h3-7,21H,8H2,1-2H3. The molecule has 0 bridgehead atoms. The highest BCUT2D eigenvalue weighted by atomic mass is 32.1. The van der Waals surface area contributed by atoms with E-state index in [1.165, 1.54) is 4.68 Å². The van der Waals surface area contributed by atoms with Gasteiger partial charge in [-0.1, -0.05) is 18.2 Å². The Morgan fingerprint density at radius 1 is 1.30 bits per heavy atom.